The Morgan fingerprint density at radius 3 is 2.86 bits per heavy atom. The van der Waals surface area contributed by atoms with E-state index in [9.17, 15) is 0 Å². The van der Waals surface area contributed by atoms with Gasteiger partial charge in [0.1, 0.15) is 12.9 Å². The van der Waals surface area contributed by atoms with Gasteiger partial charge in [0.25, 0.3) is 0 Å². The van der Waals surface area contributed by atoms with E-state index in [-0.39, 0.29) is 0 Å². The average molecular weight is 276 g/mol. The number of aromatic nitrogens is 3. The summed E-state index contributed by atoms with van der Waals surface area (Å²) in [5.74, 6) is 1.15. The Kier molecular flexibility index (Phi) is 2.52. The maximum atomic E-state index is 4.80. The van der Waals surface area contributed by atoms with E-state index in [1.165, 1.54) is 27.9 Å². The predicted octanol–water partition coefficient (Wildman–Crippen LogP) is 3.25. The second-order valence-electron chi connectivity index (χ2n) is 5.90. The van der Waals surface area contributed by atoms with Crippen LogP contribution in [-0.4, -0.2) is 9.55 Å². The lowest BCUT2D eigenvalue weighted by Crippen LogP contribution is -2.30. The van der Waals surface area contributed by atoms with Gasteiger partial charge in [-0.1, -0.05) is 0 Å². The summed E-state index contributed by atoms with van der Waals surface area (Å²) in [4.78, 5) is 4.80. The van der Waals surface area contributed by atoms with Crippen LogP contribution in [0.15, 0.2) is 42.1 Å². The fourth-order valence-electron chi connectivity index (χ4n) is 3.16. The zero-order chi connectivity index (χ0) is 14.6. The number of rotatable bonds is 1. The summed E-state index contributed by atoms with van der Waals surface area (Å²) in [6.45, 7) is 4.33. The first-order valence-electron chi connectivity index (χ1n) is 7.27. The summed E-state index contributed by atoms with van der Waals surface area (Å²) in [5.41, 5.74) is 7.42. The molecule has 0 atom stereocenters. The molecular formula is C18H18N3+. The summed E-state index contributed by atoms with van der Waals surface area (Å²) < 4.78 is 4.38. The molecule has 1 aliphatic heterocycles. The molecule has 1 aliphatic rings. The van der Waals surface area contributed by atoms with Gasteiger partial charge in [-0.05, 0) is 43.2 Å². The van der Waals surface area contributed by atoms with Crippen LogP contribution in [0.4, 0.5) is 0 Å². The largest absolute Gasteiger partial charge is 0.303 e. The van der Waals surface area contributed by atoms with Gasteiger partial charge in [-0.2, -0.15) is 0 Å². The van der Waals surface area contributed by atoms with Crippen molar-refractivity contribution < 1.29 is 4.57 Å². The first-order chi connectivity index (χ1) is 10.1. The van der Waals surface area contributed by atoms with Gasteiger partial charge in [0, 0.05) is 24.8 Å². The van der Waals surface area contributed by atoms with E-state index in [4.69, 9.17) is 4.98 Å². The molecule has 0 N–H and O–H groups in total. The summed E-state index contributed by atoms with van der Waals surface area (Å²) in [7, 11) is 2.08. The van der Waals surface area contributed by atoms with Gasteiger partial charge in [0.05, 0.1) is 16.6 Å². The van der Waals surface area contributed by atoms with Crippen LogP contribution in [0.2, 0.25) is 0 Å². The van der Waals surface area contributed by atoms with Gasteiger partial charge in [-0.15, -0.1) is 0 Å². The molecule has 1 aromatic carbocycles. The topological polar surface area (TPSA) is 21.7 Å². The highest BCUT2D eigenvalue weighted by atomic mass is 15.1. The number of aryl methyl sites for hydroxylation is 2. The highest BCUT2D eigenvalue weighted by Gasteiger charge is 2.19. The van der Waals surface area contributed by atoms with Gasteiger partial charge < -0.3 is 4.57 Å². The smallest absolute Gasteiger partial charge is 0.212 e. The lowest BCUT2D eigenvalue weighted by molar-refractivity contribution is -0.660. The summed E-state index contributed by atoms with van der Waals surface area (Å²) in [6, 6.07) is 10.8. The number of hydrogen-bond donors (Lipinski definition) is 0. The Bertz CT molecular complexity index is 900. The van der Waals surface area contributed by atoms with E-state index in [1.807, 2.05) is 0 Å². The second-order valence-corrected chi connectivity index (χ2v) is 5.90. The summed E-state index contributed by atoms with van der Waals surface area (Å²) in [5, 5.41) is 0. The van der Waals surface area contributed by atoms with Crippen molar-refractivity contribution in [2.45, 2.75) is 20.3 Å². The second kappa shape index (κ2) is 4.29. The minimum atomic E-state index is 0.960. The third-order valence-corrected chi connectivity index (χ3v) is 4.23. The molecule has 0 aliphatic carbocycles. The number of imidazole rings is 1. The fraction of sp³-hybridized carbons (Fsp3) is 0.222. The molecule has 3 nitrogen and oxygen atoms in total. The first kappa shape index (κ1) is 12.3. The third kappa shape index (κ3) is 1.81. The van der Waals surface area contributed by atoms with Crippen molar-refractivity contribution in [2.75, 3.05) is 0 Å². The van der Waals surface area contributed by atoms with Crippen LogP contribution in [0.1, 0.15) is 18.3 Å². The average Bonchev–Trinajstić information content (AvgIpc) is 2.95. The number of benzene rings is 1. The minimum absolute atomic E-state index is 0.960. The Balaban J connectivity index is 1.98. The van der Waals surface area contributed by atoms with Crippen LogP contribution in [0.5, 0.6) is 0 Å². The van der Waals surface area contributed by atoms with Gasteiger partial charge >= 0.3 is 0 Å². The monoisotopic (exact) mass is 276 g/mol. The normalized spacial score (nSPS) is 13.6. The van der Waals surface area contributed by atoms with Crippen LogP contribution in [-0.2, 0) is 13.5 Å². The van der Waals surface area contributed by atoms with E-state index in [2.05, 4.69) is 72.8 Å². The van der Waals surface area contributed by atoms with Crippen molar-refractivity contribution in [3.05, 3.63) is 53.5 Å². The molecule has 3 heteroatoms. The van der Waals surface area contributed by atoms with E-state index in [0.717, 1.165) is 17.8 Å². The van der Waals surface area contributed by atoms with Gasteiger partial charge in [-0.25, -0.2) is 9.55 Å². The molecule has 21 heavy (non-hydrogen) atoms. The molecule has 4 rings (SSSR count). The SMILES string of the molecule is CC1=Cn2c(nc3cc(-c4cccc[n+]4C)c(C)cc32)C1. The number of nitrogens with zero attached hydrogens (tertiary/aromatic N) is 3. The van der Waals surface area contributed by atoms with Crippen LogP contribution >= 0.6 is 0 Å². The van der Waals surface area contributed by atoms with E-state index in [1.54, 1.807) is 0 Å². The van der Waals surface area contributed by atoms with E-state index >= 15 is 0 Å². The molecule has 104 valence electrons. The highest BCUT2D eigenvalue weighted by molar-refractivity contribution is 5.85. The molecule has 0 unspecified atom stereocenters. The van der Waals surface area contributed by atoms with Crippen molar-refractivity contribution in [3.8, 4) is 11.3 Å². The lowest BCUT2D eigenvalue weighted by atomic mass is 10.0. The van der Waals surface area contributed by atoms with Gasteiger partial charge in [0.15, 0.2) is 6.20 Å². The number of pyridine rings is 1. The van der Waals surface area contributed by atoms with Crippen LogP contribution in [0, 0.1) is 6.92 Å². The molecule has 0 saturated carbocycles. The van der Waals surface area contributed by atoms with Crippen molar-refractivity contribution in [3.63, 3.8) is 0 Å². The Morgan fingerprint density at radius 2 is 2.05 bits per heavy atom. The van der Waals surface area contributed by atoms with Crippen molar-refractivity contribution in [1.82, 2.24) is 9.55 Å². The van der Waals surface area contributed by atoms with Gasteiger partial charge in [0.2, 0.25) is 5.69 Å². The molecule has 3 heterocycles. The maximum absolute atomic E-state index is 4.80. The van der Waals surface area contributed by atoms with Crippen LogP contribution in [0.25, 0.3) is 28.5 Å². The minimum Gasteiger partial charge on any atom is -0.303 e. The highest BCUT2D eigenvalue weighted by Crippen LogP contribution is 2.30. The zero-order valence-electron chi connectivity index (χ0n) is 12.6. The molecule has 0 radical (unpaired) electrons. The summed E-state index contributed by atoms with van der Waals surface area (Å²) in [6.07, 6.45) is 5.24. The number of allylic oxidation sites excluding steroid dienone is 1. The Morgan fingerprint density at radius 1 is 1.19 bits per heavy atom. The molecule has 2 aromatic heterocycles. The van der Waals surface area contributed by atoms with Crippen LogP contribution in [0.3, 0.4) is 0 Å². The van der Waals surface area contributed by atoms with Crippen molar-refractivity contribution in [1.29, 1.82) is 0 Å². The van der Waals surface area contributed by atoms with Crippen molar-refractivity contribution >= 4 is 17.2 Å². The first-order valence-corrected chi connectivity index (χ1v) is 7.27. The fourth-order valence-corrected chi connectivity index (χ4v) is 3.16. The Hall–Kier alpha value is -2.42. The predicted molar refractivity (Wildman–Crippen MR) is 84.7 cm³/mol. The summed E-state index contributed by atoms with van der Waals surface area (Å²) >= 11 is 0. The number of fused-ring (bicyclic) bond motifs is 3. The molecule has 0 spiro atoms. The zero-order valence-corrected chi connectivity index (χ0v) is 12.6. The molecule has 0 fully saturated rings. The standard InChI is InChI=1S/C18H18N3/c1-12-8-18-19-15-10-14(16-6-4-5-7-20(16)3)13(2)9-17(15)21(18)11-12/h4-7,9-11H,8H2,1-3H3/q+1. The Labute approximate surface area is 124 Å². The third-order valence-electron chi connectivity index (χ3n) is 4.23. The van der Waals surface area contributed by atoms with Gasteiger partial charge in [-0.3, -0.25) is 0 Å². The van der Waals surface area contributed by atoms with E-state index in [0.29, 0.717) is 0 Å². The maximum Gasteiger partial charge on any atom is 0.212 e. The van der Waals surface area contributed by atoms with Crippen LogP contribution < -0.4 is 4.57 Å². The molecule has 0 amide bonds. The molecule has 0 saturated heterocycles. The molecule has 3 aromatic rings. The lowest BCUT2D eigenvalue weighted by Gasteiger charge is -2.05. The van der Waals surface area contributed by atoms with E-state index < -0.39 is 0 Å². The van der Waals surface area contributed by atoms with Crippen molar-refractivity contribution in [2.24, 2.45) is 7.05 Å². The molecular weight excluding hydrogens is 258 g/mol. The quantitative estimate of drug-likeness (QED) is 0.625. The number of hydrogen-bond acceptors (Lipinski definition) is 1. The molecule has 0 bridgehead atoms.